The number of ether oxygens (including phenoxy) is 1. The van der Waals surface area contributed by atoms with Gasteiger partial charge < -0.3 is 10.1 Å². The molecule has 1 unspecified atom stereocenters. The molecule has 0 saturated heterocycles. The zero-order valence-corrected chi connectivity index (χ0v) is 9.27. The third-order valence-electron chi connectivity index (χ3n) is 2.16. The van der Waals surface area contributed by atoms with Gasteiger partial charge in [0.25, 0.3) is 0 Å². The van der Waals surface area contributed by atoms with E-state index in [4.69, 9.17) is 11.2 Å². The quantitative estimate of drug-likeness (QED) is 0.753. The Hall–Kier alpha value is -1.79. The van der Waals surface area contributed by atoms with E-state index in [1.807, 2.05) is 30.3 Å². The highest BCUT2D eigenvalue weighted by Crippen LogP contribution is 2.00. The van der Waals surface area contributed by atoms with E-state index in [1.54, 1.807) is 0 Å². The number of methoxy groups -OCH3 is 1. The van der Waals surface area contributed by atoms with Crippen LogP contribution in [0.1, 0.15) is 5.56 Å². The van der Waals surface area contributed by atoms with Gasteiger partial charge in [0, 0.05) is 13.7 Å². The van der Waals surface area contributed by atoms with Crippen molar-refractivity contribution in [2.75, 3.05) is 13.7 Å². The number of carbonyl (C=O) groups excluding carboxylic acids is 1. The van der Waals surface area contributed by atoms with E-state index in [2.05, 4.69) is 11.2 Å². The summed E-state index contributed by atoms with van der Waals surface area (Å²) in [5.41, 5.74) is 1.05. The lowest BCUT2D eigenvalue weighted by Gasteiger charge is -2.10. The zero-order valence-electron chi connectivity index (χ0n) is 9.27. The summed E-state index contributed by atoms with van der Waals surface area (Å²) in [4.78, 5) is 11.6. The van der Waals surface area contributed by atoms with Crippen LogP contribution >= 0.6 is 0 Å². The van der Waals surface area contributed by atoms with Gasteiger partial charge in [0.2, 0.25) is 5.91 Å². The van der Waals surface area contributed by atoms with Crippen molar-refractivity contribution in [3.8, 4) is 12.3 Å². The summed E-state index contributed by atoms with van der Waals surface area (Å²) < 4.78 is 4.86. The Kier molecular flexibility index (Phi) is 5.10. The third-order valence-corrected chi connectivity index (χ3v) is 2.16. The van der Waals surface area contributed by atoms with Gasteiger partial charge in [-0.3, -0.25) is 4.79 Å². The molecule has 3 heteroatoms. The van der Waals surface area contributed by atoms with E-state index in [1.165, 1.54) is 7.11 Å². The molecule has 1 amide bonds. The van der Waals surface area contributed by atoms with Crippen molar-refractivity contribution in [2.24, 2.45) is 5.92 Å². The molecule has 1 aromatic carbocycles. The van der Waals surface area contributed by atoms with Gasteiger partial charge in [-0.15, -0.1) is 6.42 Å². The lowest BCUT2D eigenvalue weighted by molar-refractivity contribution is -0.124. The summed E-state index contributed by atoms with van der Waals surface area (Å²) in [6.07, 6.45) is 5.24. The summed E-state index contributed by atoms with van der Waals surface area (Å²) in [5.74, 6) is 1.71. The number of carbonyl (C=O) groups is 1. The molecule has 0 aliphatic heterocycles. The first-order valence-corrected chi connectivity index (χ1v) is 5.04. The van der Waals surface area contributed by atoms with E-state index in [0.29, 0.717) is 6.54 Å². The number of nitrogens with one attached hydrogen (secondary N) is 1. The smallest absolute Gasteiger partial charge is 0.237 e. The van der Waals surface area contributed by atoms with Crippen LogP contribution in [0.3, 0.4) is 0 Å². The molecule has 16 heavy (non-hydrogen) atoms. The van der Waals surface area contributed by atoms with Crippen molar-refractivity contribution in [1.29, 1.82) is 0 Å². The molecule has 1 atom stereocenters. The predicted octanol–water partition coefficient (Wildman–Crippen LogP) is 1.20. The molecule has 0 radical (unpaired) electrons. The summed E-state index contributed by atoms with van der Waals surface area (Å²) >= 11 is 0. The second-order valence-corrected chi connectivity index (χ2v) is 3.38. The molecule has 0 aliphatic carbocycles. The molecular weight excluding hydrogens is 202 g/mol. The third kappa shape index (κ3) is 3.76. The van der Waals surface area contributed by atoms with Crippen molar-refractivity contribution >= 4 is 5.91 Å². The lowest BCUT2D eigenvalue weighted by Crippen LogP contribution is -2.31. The molecule has 0 heterocycles. The van der Waals surface area contributed by atoms with Crippen molar-refractivity contribution < 1.29 is 9.53 Å². The van der Waals surface area contributed by atoms with Crippen molar-refractivity contribution in [2.45, 2.75) is 6.54 Å². The van der Waals surface area contributed by atoms with Crippen LogP contribution < -0.4 is 5.32 Å². The maximum absolute atomic E-state index is 11.6. The van der Waals surface area contributed by atoms with Crippen LogP contribution in [0.15, 0.2) is 30.3 Å². The minimum absolute atomic E-state index is 0.173. The number of hydrogen-bond donors (Lipinski definition) is 1. The summed E-state index contributed by atoms with van der Waals surface area (Å²) in [6.45, 7) is 0.735. The highest BCUT2D eigenvalue weighted by molar-refractivity contribution is 5.81. The molecule has 1 aromatic rings. The van der Waals surface area contributed by atoms with Gasteiger partial charge in [0.15, 0.2) is 0 Å². The fraction of sp³-hybridized carbons (Fsp3) is 0.308. The molecule has 84 valence electrons. The number of terminal acetylenes is 1. The molecule has 1 rings (SSSR count). The minimum Gasteiger partial charge on any atom is -0.383 e. The number of amides is 1. The monoisotopic (exact) mass is 217 g/mol. The fourth-order valence-electron chi connectivity index (χ4n) is 1.27. The second kappa shape index (κ2) is 6.65. The predicted molar refractivity (Wildman–Crippen MR) is 62.5 cm³/mol. The highest BCUT2D eigenvalue weighted by atomic mass is 16.5. The van der Waals surface area contributed by atoms with Crippen LogP contribution in [-0.4, -0.2) is 19.6 Å². The standard InChI is InChI=1S/C13H15NO2/c1-3-12(10-16-2)13(15)14-9-11-7-5-4-6-8-11/h1,4-8,12H,9-10H2,2H3,(H,14,15). The van der Waals surface area contributed by atoms with Gasteiger partial charge in [-0.1, -0.05) is 36.3 Å². The van der Waals surface area contributed by atoms with Gasteiger partial charge in [-0.2, -0.15) is 0 Å². The molecule has 0 saturated carbocycles. The molecule has 3 nitrogen and oxygen atoms in total. The Bertz CT molecular complexity index is 367. The summed E-state index contributed by atoms with van der Waals surface area (Å²) in [7, 11) is 1.52. The SMILES string of the molecule is C#CC(COC)C(=O)NCc1ccccc1. The first-order valence-electron chi connectivity index (χ1n) is 5.04. The molecule has 0 bridgehead atoms. The largest absolute Gasteiger partial charge is 0.383 e. The molecule has 0 aromatic heterocycles. The van der Waals surface area contributed by atoms with Gasteiger partial charge in [0.1, 0.15) is 5.92 Å². The maximum atomic E-state index is 11.6. The van der Waals surface area contributed by atoms with Crippen LogP contribution in [0.5, 0.6) is 0 Å². The number of rotatable bonds is 5. The summed E-state index contributed by atoms with van der Waals surface area (Å²) in [5, 5.41) is 2.77. The van der Waals surface area contributed by atoms with Crippen LogP contribution in [0.2, 0.25) is 0 Å². The van der Waals surface area contributed by atoms with Crippen molar-refractivity contribution in [3.05, 3.63) is 35.9 Å². The first-order chi connectivity index (χ1) is 7.77. The normalized spacial score (nSPS) is 11.5. The zero-order chi connectivity index (χ0) is 11.8. The van der Waals surface area contributed by atoms with Gasteiger partial charge in [0.05, 0.1) is 6.61 Å². The number of hydrogen-bond acceptors (Lipinski definition) is 2. The Morgan fingerprint density at radius 1 is 1.50 bits per heavy atom. The van der Waals surface area contributed by atoms with E-state index < -0.39 is 5.92 Å². The van der Waals surface area contributed by atoms with Crippen LogP contribution in [0.25, 0.3) is 0 Å². The number of benzene rings is 1. The molecule has 0 aliphatic rings. The van der Waals surface area contributed by atoms with E-state index in [9.17, 15) is 4.79 Å². The average Bonchev–Trinajstić information content (AvgIpc) is 2.34. The van der Waals surface area contributed by atoms with E-state index in [-0.39, 0.29) is 12.5 Å². The lowest BCUT2D eigenvalue weighted by atomic mass is 10.1. The molecule has 1 N–H and O–H groups in total. The summed E-state index contributed by atoms with van der Waals surface area (Å²) in [6, 6.07) is 9.67. The van der Waals surface area contributed by atoms with E-state index >= 15 is 0 Å². The minimum atomic E-state index is -0.520. The Labute approximate surface area is 95.8 Å². The second-order valence-electron chi connectivity index (χ2n) is 3.38. The maximum Gasteiger partial charge on any atom is 0.237 e. The van der Waals surface area contributed by atoms with Gasteiger partial charge in [-0.05, 0) is 5.56 Å². The van der Waals surface area contributed by atoms with Gasteiger partial charge >= 0.3 is 0 Å². The van der Waals surface area contributed by atoms with Gasteiger partial charge in [-0.25, -0.2) is 0 Å². The van der Waals surface area contributed by atoms with Crippen LogP contribution in [0.4, 0.5) is 0 Å². The van der Waals surface area contributed by atoms with E-state index in [0.717, 1.165) is 5.56 Å². The topological polar surface area (TPSA) is 38.3 Å². The highest BCUT2D eigenvalue weighted by Gasteiger charge is 2.14. The first kappa shape index (κ1) is 12.3. The van der Waals surface area contributed by atoms with Crippen LogP contribution in [0, 0.1) is 18.3 Å². The van der Waals surface area contributed by atoms with Crippen molar-refractivity contribution in [3.63, 3.8) is 0 Å². The van der Waals surface area contributed by atoms with Crippen LogP contribution in [-0.2, 0) is 16.1 Å². The molecular formula is C13H15NO2. The fourth-order valence-corrected chi connectivity index (χ4v) is 1.27. The Morgan fingerprint density at radius 2 is 2.19 bits per heavy atom. The Morgan fingerprint density at radius 3 is 2.75 bits per heavy atom. The molecule has 0 spiro atoms. The Balaban J connectivity index is 2.44. The average molecular weight is 217 g/mol. The van der Waals surface area contributed by atoms with Crippen molar-refractivity contribution in [1.82, 2.24) is 5.32 Å². The molecule has 0 fully saturated rings.